The Morgan fingerprint density at radius 3 is 2.31 bits per heavy atom. The number of likely N-dealkylation sites (tertiary alicyclic amines) is 1. The highest BCUT2D eigenvalue weighted by atomic mass is 35.5. The van der Waals surface area contributed by atoms with Crippen LogP contribution in [0.3, 0.4) is 0 Å². The molecule has 1 saturated heterocycles. The fourth-order valence-corrected chi connectivity index (χ4v) is 1.70. The predicted octanol–water partition coefficient (Wildman–Crippen LogP) is 2.85. The van der Waals surface area contributed by atoms with E-state index in [2.05, 4.69) is 4.90 Å². The molecule has 0 aromatic heterocycles. The monoisotopic (exact) mass is 251 g/mol. The summed E-state index contributed by atoms with van der Waals surface area (Å²) in [6.07, 6.45) is 1.17. The van der Waals surface area contributed by atoms with E-state index >= 15 is 0 Å². The Morgan fingerprint density at radius 2 is 1.94 bits per heavy atom. The minimum atomic E-state index is -1.27. The van der Waals surface area contributed by atoms with E-state index in [1.54, 1.807) is 20.8 Å². The number of rotatable bonds is 5. The molecule has 0 saturated carbocycles. The molecule has 2 nitrogen and oxygen atoms in total. The van der Waals surface area contributed by atoms with Gasteiger partial charge in [0.05, 0.1) is 0 Å². The molecular weight excluding hydrogens is 229 g/mol. The van der Waals surface area contributed by atoms with Crippen molar-refractivity contribution in [2.75, 3.05) is 19.6 Å². The Labute approximate surface area is 104 Å². The third-order valence-corrected chi connectivity index (χ3v) is 2.90. The van der Waals surface area contributed by atoms with Gasteiger partial charge in [-0.25, -0.2) is 4.39 Å². The zero-order valence-electron chi connectivity index (χ0n) is 10.5. The highest BCUT2D eigenvalue weighted by molar-refractivity contribution is 5.87. The molecule has 96 valence electrons. The fraction of sp³-hybridized carbons (Fsp3) is 0.917. The molecule has 16 heavy (non-hydrogen) atoms. The largest absolute Gasteiger partial charge is 0.303 e. The van der Waals surface area contributed by atoms with Gasteiger partial charge in [-0.2, -0.15) is 0 Å². The van der Waals surface area contributed by atoms with Gasteiger partial charge in [-0.05, 0) is 38.9 Å². The van der Waals surface area contributed by atoms with Gasteiger partial charge in [0.1, 0.15) is 0 Å². The lowest BCUT2D eigenvalue weighted by molar-refractivity contribution is -0.131. The molecule has 0 spiro atoms. The Morgan fingerprint density at radius 1 is 1.38 bits per heavy atom. The summed E-state index contributed by atoms with van der Waals surface area (Å²) < 4.78 is 13.5. The molecule has 0 aliphatic carbocycles. The van der Waals surface area contributed by atoms with E-state index < -0.39 is 11.6 Å². The number of nitrogens with zero attached hydrogens (tertiary/aromatic N) is 1. The maximum Gasteiger partial charge on any atom is 0.172 e. The van der Waals surface area contributed by atoms with Crippen molar-refractivity contribution in [2.24, 2.45) is 5.41 Å². The molecule has 1 aliphatic heterocycles. The van der Waals surface area contributed by atoms with Gasteiger partial charge in [0.25, 0.3) is 0 Å². The average Bonchev–Trinajstić information content (AvgIpc) is 2.06. The van der Waals surface area contributed by atoms with Crippen LogP contribution in [0.1, 0.15) is 40.0 Å². The van der Waals surface area contributed by atoms with Crippen molar-refractivity contribution >= 4 is 18.2 Å². The maximum atomic E-state index is 13.5. The van der Waals surface area contributed by atoms with Crippen LogP contribution < -0.4 is 0 Å². The molecule has 0 N–H and O–H groups in total. The van der Waals surface area contributed by atoms with Crippen LogP contribution in [0.15, 0.2) is 0 Å². The fourth-order valence-electron chi connectivity index (χ4n) is 1.70. The molecule has 1 fully saturated rings. The van der Waals surface area contributed by atoms with Crippen molar-refractivity contribution in [1.29, 1.82) is 0 Å². The number of carbonyl (C=O) groups excluding carboxylic acids is 1. The van der Waals surface area contributed by atoms with Crippen molar-refractivity contribution in [3.8, 4) is 0 Å². The van der Waals surface area contributed by atoms with Gasteiger partial charge in [0, 0.05) is 5.41 Å². The Bertz CT molecular complexity index is 224. The number of Topliss-reactive ketones (excluding diaryl/α,β-unsaturated/α-hetero) is 1. The normalized spacial score (nSPS) is 18.5. The van der Waals surface area contributed by atoms with Crippen LogP contribution in [-0.4, -0.2) is 36.5 Å². The molecule has 0 amide bonds. The molecule has 0 unspecified atom stereocenters. The van der Waals surface area contributed by atoms with Gasteiger partial charge in [0.15, 0.2) is 12.0 Å². The summed E-state index contributed by atoms with van der Waals surface area (Å²) in [6.45, 7) is 8.55. The van der Waals surface area contributed by atoms with Crippen LogP contribution >= 0.6 is 12.4 Å². The summed E-state index contributed by atoms with van der Waals surface area (Å²) in [5, 5.41) is 0. The van der Waals surface area contributed by atoms with Crippen molar-refractivity contribution in [1.82, 2.24) is 4.90 Å². The zero-order valence-corrected chi connectivity index (χ0v) is 11.3. The van der Waals surface area contributed by atoms with Crippen LogP contribution in [0.25, 0.3) is 0 Å². The van der Waals surface area contributed by atoms with E-state index in [1.165, 1.54) is 6.42 Å². The second-order valence-electron chi connectivity index (χ2n) is 5.42. The first kappa shape index (κ1) is 15.9. The van der Waals surface area contributed by atoms with E-state index in [0.29, 0.717) is 6.42 Å². The standard InChI is InChI=1S/C12H22FNO.ClH/c1-12(2,3)11(15)10(13)6-4-7-14-8-5-9-14;/h10H,4-9H2,1-3H3;1H/t10-;/m1./s1. The van der Waals surface area contributed by atoms with E-state index in [9.17, 15) is 9.18 Å². The van der Waals surface area contributed by atoms with Crippen LogP contribution in [-0.2, 0) is 4.79 Å². The van der Waals surface area contributed by atoms with Crippen LogP contribution in [0.5, 0.6) is 0 Å². The first-order chi connectivity index (χ1) is 6.91. The first-order valence-electron chi connectivity index (χ1n) is 5.82. The minimum absolute atomic E-state index is 0. The summed E-state index contributed by atoms with van der Waals surface area (Å²) in [4.78, 5) is 13.8. The maximum absolute atomic E-state index is 13.5. The Hall–Kier alpha value is -0.150. The van der Waals surface area contributed by atoms with Crippen molar-refractivity contribution in [2.45, 2.75) is 46.2 Å². The molecule has 1 aliphatic rings. The molecule has 0 bridgehead atoms. The number of carbonyl (C=O) groups is 1. The summed E-state index contributed by atoms with van der Waals surface area (Å²) in [5.41, 5.74) is -0.545. The number of ketones is 1. The van der Waals surface area contributed by atoms with Crippen molar-refractivity contribution < 1.29 is 9.18 Å². The lowest BCUT2D eigenvalue weighted by atomic mass is 9.87. The van der Waals surface area contributed by atoms with Crippen molar-refractivity contribution in [3.63, 3.8) is 0 Å². The van der Waals surface area contributed by atoms with E-state index in [-0.39, 0.29) is 18.2 Å². The quantitative estimate of drug-likeness (QED) is 0.749. The van der Waals surface area contributed by atoms with E-state index in [1.807, 2.05) is 0 Å². The third kappa shape index (κ3) is 4.79. The average molecular weight is 252 g/mol. The number of halogens is 2. The third-order valence-electron chi connectivity index (χ3n) is 2.90. The SMILES string of the molecule is CC(C)(C)C(=O)[C@H](F)CCCN1CCC1.Cl. The van der Waals surface area contributed by atoms with Crippen LogP contribution in [0.2, 0.25) is 0 Å². The van der Waals surface area contributed by atoms with Gasteiger partial charge in [-0.3, -0.25) is 4.79 Å². The smallest absolute Gasteiger partial charge is 0.172 e. The molecule has 1 heterocycles. The molecule has 0 radical (unpaired) electrons. The first-order valence-corrected chi connectivity index (χ1v) is 5.82. The summed E-state index contributed by atoms with van der Waals surface area (Å²) in [7, 11) is 0. The Kier molecular flexibility index (Phi) is 6.49. The van der Waals surface area contributed by atoms with Crippen LogP contribution in [0, 0.1) is 5.41 Å². The van der Waals surface area contributed by atoms with Gasteiger partial charge in [0.2, 0.25) is 0 Å². The van der Waals surface area contributed by atoms with Crippen molar-refractivity contribution in [3.05, 3.63) is 0 Å². The molecule has 1 rings (SSSR count). The molecular formula is C12H23ClFNO. The van der Waals surface area contributed by atoms with Gasteiger partial charge >= 0.3 is 0 Å². The summed E-state index contributed by atoms with van der Waals surface area (Å²) >= 11 is 0. The lowest BCUT2D eigenvalue weighted by Gasteiger charge is -2.30. The highest BCUT2D eigenvalue weighted by Gasteiger charge is 2.29. The predicted molar refractivity (Wildman–Crippen MR) is 66.9 cm³/mol. The van der Waals surface area contributed by atoms with Crippen LogP contribution in [0.4, 0.5) is 4.39 Å². The second-order valence-corrected chi connectivity index (χ2v) is 5.42. The summed E-state index contributed by atoms with van der Waals surface area (Å²) in [6, 6.07) is 0. The van der Waals surface area contributed by atoms with E-state index in [4.69, 9.17) is 0 Å². The van der Waals surface area contributed by atoms with Gasteiger partial charge in [-0.15, -0.1) is 12.4 Å². The zero-order chi connectivity index (χ0) is 11.5. The number of alkyl halides is 1. The topological polar surface area (TPSA) is 20.3 Å². The number of hydrogen-bond acceptors (Lipinski definition) is 2. The molecule has 4 heteroatoms. The van der Waals surface area contributed by atoms with Gasteiger partial charge < -0.3 is 4.90 Å². The van der Waals surface area contributed by atoms with Gasteiger partial charge in [-0.1, -0.05) is 20.8 Å². The summed E-state index contributed by atoms with van der Waals surface area (Å²) in [5.74, 6) is -0.258. The number of hydrogen-bond donors (Lipinski definition) is 0. The molecule has 0 aromatic carbocycles. The lowest BCUT2D eigenvalue weighted by Crippen LogP contribution is -2.38. The highest BCUT2D eigenvalue weighted by Crippen LogP contribution is 2.21. The minimum Gasteiger partial charge on any atom is -0.303 e. The second kappa shape index (κ2) is 6.55. The molecule has 0 aromatic rings. The molecule has 1 atom stereocenters. The Balaban J connectivity index is 0.00000225. The van der Waals surface area contributed by atoms with E-state index in [0.717, 1.165) is 26.1 Å².